The molecule has 1 aliphatic carbocycles. The number of amides is 2. The van der Waals surface area contributed by atoms with E-state index in [1.165, 1.54) is 29.0 Å². The Bertz CT molecular complexity index is 1260. The number of hydrogen-bond acceptors (Lipinski definition) is 5. The Morgan fingerprint density at radius 3 is 2.24 bits per heavy atom. The summed E-state index contributed by atoms with van der Waals surface area (Å²) in [7, 11) is -1.52. The van der Waals surface area contributed by atoms with E-state index in [4.69, 9.17) is 0 Å². The molecule has 1 saturated carbocycles. The number of anilines is 1. The van der Waals surface area contributed by atoms with E-state index in [1.807, 2.05) is 0 Å². The highest BCUT2D eigenvalue weighted by molar-refractivity contribution is 7.91. The number of rotatable bonds is 6. The van der Waals surface area contributed by atoms with Gasteiger partial charge in [0.05, 0.1) is 16.5 Å². The predicted octanol–water partition coefficient (Wildman–Crippen LogP) is 3.00. The number of hydrogen-bond donors (Lipinski definition) is 2. The molecular weight excluding hydrogens is 461 g/mol. The van der Waals surface area contributed by atoms with E-state index in [9.17, 15) is 27.2 Å². The van der Waals surface area contributed by atoms with Crippen LogP contribution in [0.1, 0.15) is 63.4 Å². The zero-order valence-electron chi connectivity index (χ0n) is 20.0. The summed E-state index contributed by atoms with van der Waals surface area (Å²) in [5.41, 5.74) is 2.07. The highest BCUT2D eigenvalue weighted by Gasteiger charge is 2.32. The van der Waals surface area contributed by atoms with Crippen LogP contribution in [0, 0.1) is 26.6 Å². The number of benzene rings is 1. The van der Waals surface area contributed by atoms with Crippen molar-refractivity contribution in [3.63, 3.8) is 0 Å². The maximum Gasteiger partial charge on any atom is 0.294 e. The Balaban J connectivity index is 1.75. The van der Waals surface area contributed by atoms with Crippen molar-refractivity contribution in [2.75, 3.05) is 11.6 Å². The van der Waals surface area contributed by atoms with Crippen molar-refractivity contribution in [3.8, 4) is 0 Å². The molecule has 2 amide bonds. The second-order valence-corrected chi connectivity index (χ2v) is 11.3. The molecule has 3 rings (SSSR count). The van der Waals surface area contributed by atoms with Crippen molar-refractivity contribution in [2.45, 2.75) is 57.7 Å². The van der Waals surface area contributed by atoms with Gasteiger partial charge in [-0.25, -0.2) is 12.8 Å². The van der Waals surface area contributed by atoms with Gasteiger partial charge in [-0.15, -0.1) is 0 Å². The lowest BCUT2D eigenvalue weighted by molar-refractivity contribution is -0.117. The first kappa shape index (κ1) is 25.6. The second kappa shape index (κ2) is 9.69. The maximum absolute atomic E-state index is 13.5. The van der Waals surface area contributed by atoms with Gasteiger partial charge in [0.1, 0.15) is 15.7 Å². The molecule has 1 aromatic heterocycles. The molecule has 0 unspecified atom stereocenters. The third kappa shape index (κ3) is 5.22. The van der Waals surface area contributed by atoms with Crippen molar-refractivity contribution in [1.82, 2.24) is 9.88 Å². The highest BCUT2D eigenvalue weighted by atomic mass is 32.2. The Kier molecular flexibility index (Phi) is 7.30. The van der Waals surface area contributed by atoms with Crippen LogP contribution >= 0.6 is 0 Å². The molecule has 2 N–H and O–H groups in total. The summed E-state index contributed by atoms with van der Waals surface area (Å²) in [6.07, 6.45) is 3.05. The first-order valence-corrected chi connectivity index (χ1v) is 13.0. The molecule has 1 aliphatic rings. The first-order chi connectivity index (χ1) is 15.8. The topological polar surface area (TPSA) is 114 Å². The molecule has 0 bridgehead atoms. The largest absolute Gasteiger partial charge is 0.346 e. The molecule has 0 spiro atoms. The van der Waals surface area contributed by atoms with Gasteiger partial charge in [-0.05, 0) is 75.8 Å². The molecule has 0 saturated heterocycles. The number of carbonyl (C=O) groups is 3. The fraction of sp³-hybridized carbons (Fsp3) is 0.458. The van der Waals surface area contributed by atoms with Crippen LogP contribution in [0.3, 0.4) is 0 Å². The zero-order valence-corrected chi connectivity index (χ0v) is 20.8. The third-order valence-corrected chi connectivity index (χ3v) is 8.29. The average molecular weight is 492 g/mol. The zero-order chi connectivity index (χ0) is 25.4. The molecule has 2 aromatic rings. The van der Waals surface area contributed by atoms with Crippen LogP contribution in [0.25, 0.3) is 0 Å². The standard InChI is InChI=1S/C24H30FN3O5S/c1-13-12-17(8-11-19(13)25)27-23(30)20-14(2)21(28(4)15(20)3)22(29)24(31)26-16-6-9-18(10-7-16)34(5,32)33/h8,11-12,16,18H,6-7,9-10H2,1-5H3,(H,26,31)(H,27,30)/t16-,18-. The molecule has 0 aliphatic heterocycles. The molecule has 1 fully saturated rings. The first-order valence-electron chi connectivity index (χ1n) is 11.1. The molecule has 0 radical (unpaired) electrons. The molecule has 8 nitrogen and oxygen atoms in total. The van der Waals surface area contributed by atoms with E-state index in [1.54, 1.807) is 27.8 Å². The SMILES string of the molecule is Cc1cc(NC(=O)c2c(C)c(C(=O)C(=O)N[C@H]3CC[C@H](S(C)(=O)=O)CC3)n(C)c2C)ccc1F. The van der Waals surface area contributed by atoms with Gasteiger partial charge in [0.2, 0.25) is 0 Å². The van der Waals surface area contributed by atoms with Crippen molar-refractivity contribution in [1.29, 1.82) is 0 Å². The Morgan fingerprint density at radius 2 is 1.68 bits per heavy atom. The normalized spacial score (nSPS) is 18.4. The van der Waals surface area contributed by atoms with Crippen molar-refractivity contribution >= 4 is 33.1 Å². The van der Waals surface area contributed by atoms with Gasteiger partial charge in [-0.2, -0.15) is 0 Å². The smallest absolute Gasteiger partial charge is 0.294 e. The number of nitrogens with one attached hydrogen (secondary N) is 2. The summed E-state index contributed by atoms with van der Waals surface area (Å²) in [6, 6.07) is 3.95. The van der Waals surface area contributed by atoms with Crippen LogP contribution in [0.15, 0.2) is 18.2 Å². The van der Waals surface area contributed by atoms with E-state index in [-0.39, 0.29) is 23.1 Å². The lowest BCUT2D eigenvalue weighted by Gasteiger charge is -2.27. The summed E-state index contributed by atoms with van der Waals surface area (Å²) >= 11 is 0. The van der Waals surface area contributed by atoms with Crippen LogP contribution in [-0.2, 0) is 21.7 Å². The maximum atomic E-state index is 13.5. The lowest BCUT2D eigenvalue weighted by atomic mass is 9.94. The van der Waals surface area contributed by atoms with Gasteiger partial charge in [-0.1, -0.05) is 0 Å². The number of carbonyl (C=O) groups excluding carboxylic acids is 3. The van der Waals surface area contributed by atoms with Crippen molar-refractivity contribution in [3.05, 3.63) is 52.1 Å². The van der Waals surface area contributed by atoms with Crippen LogP contribution in [0.2, 0.25) is 0 Å². The summed E-state index contributed by atoms with van der Waals surface area (Å²) < 4.78 is 38.5. The van der Waals surface area contributed by atoms with E-state index in [0.717, 1.165) is 0 Å². The molecule has 1 aromatic carbocycles. The van der Waals surface area contributed by atoms with Crippen LogP contribution in [0.4, 0.5) is 10.1 Å². The minimum Gasteiger partial charge on any atom is -0.346 e. The molecule has 0 atom stereocenters. The Morgan fingerprint density at radius 1 is 1.06 bits per heavy atom. The Labute approximate surface area is 198 Å². The van der Waals surface area contributed by atoms with Crippen molar-refractivity contribution in [2.24, 2.45) is 7.05 Å². The molecule has 184 valence electrons. The van der Waals surface area contributed by atoms with Gasteiger partial charge in [-0.3, -0.25) is 14.4 Å². The highest BCUT2D eigenvalue weighted by Crippen LogP contribution is 2.26. The number of sulfone groups is 1. The number of aromatic nitrogens is 1. The van der Waals surface area contributed by atoms with Crippen LogP contribution < -0.4 is 10.6 Å². The van der Waals surface area contributed by atoms with E-state index >= 15 is 0 Å². The fourth-order valence-corrected chi connectivity index (χ4v) is 5.67. The third-order valence-electron chi connectivity index (χ3n) is 6.61. The summed E-state index contributed by atoms with van der Waals surface area (Å²) in [5.74, 6) is -2.39. The van der Waals surface area contributed by atoms with Gasteiger partial charge >= 0.3 is 0 Å². The number of aryl methyl sites for hydroxylation is 1. The quantitative estimate of drug-likeness (QED) is 0.476. The van der Waals surface area contributed by atoms with Crippen molar-refractivity contribution < 1.29 is 27.2 Å². The van der Waals surface area contributed by atoms with Gasteiger partial charge < -0.3 is 15.2 Å². The summed E-state index contributed by atoms with van der Waals surface area (Å²) in [4.78, 5) is 38.7. The fourth-order valence-electron chi connectivity index (χ4n) is 4.54. The number of nitrogens with zero attached hydrogens (tertiary/aromatic N) is 1. The lowest BCUT2D eigenvalue weighted by Crippen LogP contribution is -2.43. The predicted molar refractivity (Wildman–Crippen MR) is 127 cm³/mol. The average Bonchev–Trinajstić information content (AvgIpc) is 2.98. The molecule has 34 heavy (non-hydrogen) atoms. The minimum absolute atomic E-state index is 0.111. The number of Topliss-reactive ketones (excluding diaryl/α,β-unsaturated/α-hetero) is 1. The second-order valence-electron chi connectivity index (χ2n) is 9.02. The van der Waals surface area contributed by atoms with Gasteiger partial charge in [0, 0.05) is 30.7 Å². The van der Waals surface area contributed by atoms with E-state index < -0.39 is 32.7 Å². The molecule has 10 heteroatoms. The van der Waals surface area contributed by atoms with Gasteiger partial charge in [0.25, 0.3) is 17.6 Å². The van der Waals surface area contributed by atoms with Crippen LogP contribution in [-0.4, -0.2) is 48.1 Å². The van der Waals surface area contributed by atoms with E-state index in [0.29, 0.717) is 48.2 Å². The monoisotopic (exact) mass is 491 g/mol. The number of halogens is 1. The molecule has 1 heterocycles. The molecular formula is C24H30FN3O5S. The van der Waals surface area contributed by atoms with E-state index in [2.05, 4.69) is 10.6 Å². The summed E-state index contributed by atoms with van der Waals surface area (Å²) in [6.45, 7) is 4.88. The number of ketones is 1. The minimum atomic E-state index is -3.13. The Hall–Kier alpha value is -3.01. The summed E-state index contributed by atoms with van der Waals surface area (Å²) in [5, 5.41) is 5.02. The van der Waals surface area contributed by atoms with Crippen LogP contribution in [0.5, 0.6) is 0 Å². The van der Waals surface area contributed by atoms with Gasteiger partial charge in [0.15, 0.2) is 0 Å².